The summed E-state index contributed by atoms with van der Waals surface area (Å²) in [6.45, 7) is 10.4. The summed E-state index contributed by atoms with van der Waals surface area (Å²) in [5.74, 6) is -0.0672. The molecule has 2 N–H and O–H groups in total. The minimum absolute atomic E-state index is 0.0672. The molecule has 162 valence electrons. The van der Waals surface area contributed by atoms with Gasteiger partial charge >= 0.3 is 6.09 Å². The molecule has 6 nitrogen and oxygen atoms in total. The van der Waals surface area contributed by atoms with Crippen molar-refractivity contribution in [2.24, 2.45) is 0 Å². The molecule has 2 aromatic rings. The molecule has 0 fully saturated rings. The number of hydrogen-bond donors (Lipinski definition) is 2. The number of carbonyl (C=O) groups is 2. The summed E-state index contributed by atoms with van der Waals surface area (Å²) in [4.78, 5) is 24.2. The van der Waals surface area contributed by atoms with Gasteiger partial charge in [-0.1, -0.05) is 36.4 Å². The predicted octanol–water partition coefficient (Wildman–Crippen LogP) is 4.82. The Kier molecular flexibility index (Phi) is 8.42. The standard InChI is InChI=1S/C24H32N2O4/c1-17(2)29-16-20-9-7-6-8-19(20)15-25-22(27)14-18-10-12-21(13-11-18)26-23(28)30-24(3,4)5/h6-13,17H,14-16H2,1-5H3,(H,25,27)(H,26,28). The lowest BCUT2D eigenvalue weighted by Gasteiger charge is -2.19. The summed E-state index contributed by atoms with van der Waals surface area (Å²) in [7, 11) is 0. The van der Waals surface area contributed by atoms with Gasteiger partial charge < -0.3 is 14.8 Å². The number of anilines is 1. The van der Waals surface area contributed by atoms with E-state index in [0.29, 0.717) is 18.8 Å². The van der Waals surface area contributed by atoms with Gasteiger partial charge in [0.1, 0.15) is 5.60 Å². The molecule has 0 atom stereocenters. The van der Waals surface area contributed by atoms with E-state index in [9.17, 15) is 9.59 Å². The maximum absolute atomic E-state index is 12.4. The largest absolute Gasteiger partial charge is 0.444 e. The van der Waals surface area contributed by atoms with Crippen molar-refractivity contribution in [3.8, 4) is 0 Å². The molecule has 0 spiro atoms. The number of amides is 2. The Labute approximate surface area is 179 Å². The van der Waals surface area contributed by atoms with E-state index in [2.05, 4.69) is 10.6 Å². The smallest absolute Gasteiger partial charge is 0.412 e. The van der Waals surface area contributed by atoms with Crippen LogP contribution in [0.5, 0.6) is 0 Å². The number of ether oxygens (including phenoxy) is 2. The van der Waals surface area contributed by atoms with Gasteiger partial charge in [-0.3, -0.25) is 10.1 Å². The van der Waals surface area contributed by atoms with E-state index in [4.69, 9.17) is 9.47 Å². The van der Waals surface area contributed by atoms with Gasteiger partial charge in [-0.15, -0.1) is 0 Å². The summed E-state index contributed by atoms with van der Waals surface area (Å²) >= 11 is 0. The van der Waals surface area contributed by atoms with E-state index in [0.717, 1.165) is 16.7 Å². The minimum Gasteiger partial charge on any atom is -0.444 e. The fourth-order valence-corrected chi connectivity index (χ4v) is 2.70. The second kappa shape index (κ2) is 10.8. The fourth-order valence-electron chi connectivity index (χ4n) is 2.70. The van der Waals surface area contributed by atoms with E-state index in [1.807, 2.05) is 71.0 Å². The zero-order valence-corrected chi connectivity index (χ0v) is 18.5. The van der Waals surface area contributed by atoms with Gasteiger partial charge in [0.25, 0.3) is 0 Å². The van der Waals surface area contributed by atoms with Crippen molar-refractivity contribution >= 4 is 17.7 Å². The molecule has 0 radical (unpaired) electrons. The molecule has 0 bridgehead atoms. The average molecular weight is 413 g/mol. The topological polar surface area (TPSA) is 76.7 Å². The summed E-state index contributed by atoms with van der Waals surface area (Å²) < 4.78 is 10.9. The van der Waals surface area contributed by atoms with Crippen LogP contribution in [-0.2, 0) is 33.8 Å². The number of benzene rings is 2. The maximum atomic E-state index is 12.4. The van der Waals surface area contributed by atoms with Crippen molar-refractivity contribution in [2.45, 2.75) is 65.9 Å². The zero-order chi connectivity index (χ0) is 22.1. The Morgan fingerprint density at radius 1 is 0.967 bits per heavy atom. The van der Waals surface area contributed by atoms with Gasteiger partial charge in [0.05, 0.1) is 19.1 Å². The second-order valence-corrected chi connectivity index (χ2v) is 8.41. The normalized spacial score (nSPS) is 11.3. The Morgan fingerprint density at radius 3 is 2.20 bits per heavy atom. The Balaban J connectivity index is 1.85. The quantitative estimate of drug-likeness (QED) is 0.652. The van der Waals surface area contributed by atoms with E-state index in [1.165, 1.54) is 0 Å². The molecule has 0 aliphatic rings. The van der Waals surface area contributed by atoms with Crippen LogP contribution in [-0.4, -0.2) is 23.7 Å². The Hall–Kier alpha value is -2.86. The number of rotatable bonds is 8. The molecule has 0 aliphatic heterocycles. The molecule has 0 aliphatic carbocycles. The Bertz CT molecular complexity index is 839. The van der Waals surface area contributed by atoms with Crippen LogP contribution in [0.2, 0.25) is 0 Å². The van der Waals surface area contributed by atoms with Gasteiger partial charge in [-0.05, 0) is 63.4 Å². The van der Waals surface area contributed by atoms with Crippen LogP contribution in [0, 0.1) is 0 Å². The molecule has 2 rings (SSSR count). The summed E-state index contributed by atoms with van der Waals surface area (Å²) in [5.41, 5.74) is 3.04. The first-order valence-corrected chi connectivity index (χ1v) is 10.2. The van der Waals surface area contributed by atoms with Gasteiger partial charge in [-0.25, -0.2) is 4.79 Å². The zero-order valence-electron chi connectivity index (χ0n) is 18.5. The fraction of sp³-hybridized carbons (Fsp3) is 0.417. The van der Waals surface area contributed by atoms with Crippen LogP contribution in [0.1, 0.15) is 51.3 Å². The van der Waals surface area contributed by atoms with Crippen LogP contribution in [0.15, 0.2) is 48.5 Å². The highest BCUT2D eigenvalue weighted by atomic mass is 16.6. The summed E-state index contributed by atoms with van der Waals surface area (Å²) in [5, 5.41) is 5.64. The third-order valence-electron chi connectivity index (χ3n) is 4.13. The van der Waals surface area contributed by atoms with Crippen molar-refractivity contribution in [1.82, 2.24) is 5.32 Å². The third kappa shape index (κ3) is 8.66. The summed E-state index contributed by atoms with van der Waals surface area (Å²) in [6.07, 6.45) is -0.0919. The van der Waals surface area contributed by atoms with E-state index in [-0.39, 0.29) is 18.4 Å². The molecule has 0 heterocycles. The molecule has 0 unspecified atom stereocenters. The Morgan fingerprint density at radius 2 is 1.60 bits per heavy atom. The monoisotopic (exact) mass is 412 g/mol. The lowest BCUT2D eigenvalue weighted by atomic mass is 10.1. The number of nitrogens with one attached hydrogen (secondary N) is 2. The van der Waals surface area contributed by atoms with E-state index >= 15 is 0 Å². The third-order valence-corrected chi connectivity index (χ3v) is 4.13. The van der Waals surface area contributed by atoms with Gasteiger partial charge in [0.15, 0.2) is 0 Å². The first-order chi connectivity index (χ1) is 14.1. The van der Waals surface area contributed by atoms with E-state index in [1.54, 1.807) is 12.1 Å². The molecular weight excluding hydrogens is 380 g/mol. The van der Waals surface area contributed by atoms with Crippen molar-refractivity contribution in [1.29, 1.82) is 0 Å². The van der Waals surface area contributed by atoms with Gasteiger partial charge in [-0.2, -0.15) is 0 Å². The average Bonchev–Trinajstić information content (AvgIpc) is 2.65. The molecule has 2 aromatic carbocycles. The molecule has 30 heavy (non-hydrogen) atoms. The van der Waals surface area contributed by atoms with Crippen molar-refractivity contribution in [3.05, 3.63) is 65.2 Å². The van der Waals surface area contributed by atoms with E-state index < -0.39 is 11.7 Å². The summed E-state index contributed by atoms with van der Waals surface area (Å²) in [6, 6.07) is 15.1. The van der Waals surface area contributed by atoms with Crippen LogP contribution >= 0.6 is 0 Å². The molecule has 2 amide bonds. The molecule has 0 saturated carbocycles. The van der Waals surface area contributed by atoms with Crippen molar-refractivity contribution in [3.63, 3.8) is 0 Å². The second-order valence-electron chi connectivity index (χ2n) is 8.41. The molecule has 6 heteroatoms. The SMILES string of the molecule is CC(C)OCc1ccccc1CNC(=O)Cc1ccc(NC(=O)OC(C)(C)C)cc1. The molecule has 0 saturated heterocycles. The highest BCUT2D eigenvalue weighted by Gasteiger charge is 2.16. The minimum atomic E-state index is -0.554. The van der Waals surface area contributed by atoms with Crippen LogP contribution < -0.4 is 10.6 Å². The highest BCUT2D eigenvalue weighted by Crippen LogP contribution is 2.14. The van der Waals surface area contributed by atoms with Gasteiger partial charge in [0, 0.05) is 12.2 Å². The predicted molar refractivity (Wildman–Crippen MR) is 118 cm³/mol. The van der Waals surface area contributed by atoms with Crippen LogP contribution in [0.4, 0.5) is 10.5 Å². The first-order valence-electron chi connectivity index (χ1n) is 10.2. The van der Waals surface area contributed by atoms with Gasteiger partial charge in [0.2, 0.25) is 5.91 Å². The van der Waals surface area contributed by atoms with Crippen molar-refractivity contribution in [2.75, 3.05) is 5.32 Å². The lowest BCUT2D eigenvalue weighted by Crippen LogP contribution is -2.27. The lowest BCUT2D eigenvalue weighted by molar-refractivity contribution is -0.120. The number of carbonyl (C=O) groups excluding carboxylic acids is 2. The number of hydrogen-bond acceptors (Lipinski definition) is 4. The highest BCUT2D eigenvalue weighted by molar-refractivity contribution is 5.85. The molecular formula is C24H32N2O4. The maximum Gasteiger partial charge on any atom is 0.412 e. The van der Waals surface area contributed by atoms with Crippen molar-refractivity contribution < 1.29 is 19.1 Å². The van der Waals surface area contributed by atoms with Crippen LogP contribution in [0.25, 0.3) is 0 Å². The first kappa shape index (κ1) is 23.4. The molecule has 0 aromatic heterocycles. The van der Waals surface area contributed by atoms with Crippen LogP contribution in [0.3, 0.4) is 0 Å².